The maximum absolute atomic E-state index is 13.0. The molecule has 1 aromatic heterocycles. The Hall–Kier alpha value is -2.58. The third-order valence-electron chi connectivity index (χ3n) is 3.04. The van der Waals surface area contributed by atoms with Gasteiger partial charge in [0.05, 0.1) is 18.8 Å². The number of halogens is 3. The Morgan fingerprint density at radius 3 is 2.62 bits per heavy atom. The van der Waals surface area contributed by atoms with Gasteiger partial charge in [0.25, 0.3) is 0 Å². The van der Waals surface area contributed by atoms with Crippen LogP contribution in [0, 0.1) is 0 Å². The number of nitrogens with one attached hydrogen (secondary N) is 1. The van der Waals surface area contributed by atoms with E-state index in [1.54, 1.807) is 6.92 Å². The number of benzene rings is 1. The molecule has 24 heavy (non-hydrogen) atoms. The van der Waals surface area contributed by atoms with Crippen LogP contribution in [0.1, 0.15) is 36.3 Å². The van der Waals surface area contributed by atoms with Crippen molar-refractivity contribution in [2.24, 2.45) is 0 Å². The zero-order valence-electron chi connectivity index (χ0n) is 13.1. The Kier molecular flexibility index (Phi) is 5.42. The van der Waals surface area contributed by atoms with E-state index in [1.165, 1.54) is 6.07 Å². The van der Waals surface area contributed by atoms with Gasteiger partial charge in [0.2, 0.25) is 0 Å². The van der Waals surface area contributed by atoms with Crippen molar-refractivity contribution in [1.29, 1.82) is 0 Å². The Labute approximate surface area is 136 Å². The molecule has 0 bridgehead atoms. The highest BCUT2D eigenvalue weighted by Gasteiger charge is 2.32. The van der Waals surface area contributed by atoms with Crippen LogP contribution in [0.5, 0.6) is 5.75 Å². The third-order valence-corrected chi connectivity index (χ3v) is 3.04. The van der Waals surface area contributed by atoms with Crippen molar-refractivity contribution in [1.82, 2.24) is 15.4 Å². The van der Waals surface area contributed by atoms with Crippen molar-refractivity contribution in [2.75, 3.05) is 13.2 Å². The minimum atomic E-state index is -4.54. The summed E-state index contributed by atoms with van der Waals surface area (Å²) in [5, 5.41) is 9.71. The van der Waals surface area contributed by atoms with E-state index in [0.717, 1.165) is 12.1 Å². The van der Waals surface area contributed by atoms with Crippen LogP contribution in [0.15, 0.2) is 18.2 Å². The molecule has 2 aromatic rings. The summed E-state index contributed by atoms with van der Waals surface area (Å²) in [6.07, 6.45) is -3.87. The lowest BCUT2D eigenvalue weighted by atomic mass is 10.0. The first-order valence-corrected chi connectivity index (χ1v) is 7.30. The van der Waals surface area contributed by atoms with Crippen LogP contribution in [0.4, 0.5) is 13.2 Å². The standard InChI is InChI=1S/C15H16F3N3O3/c1-3-7-24-11-6-5-9(15(16,17)18)8-10(11)12-13(20-21-19-12)14(22)23-4-2/h5-6,8H,3-4,7H2,1-2H3,(H,19,20,21). The lowest BCUT2D eigenvalue weighted by Gasteiger charge is -2.13. The molecule has 1 N–H and O–H groups in total. The molecular weight excluding hydrogens is 327 g/mol. The summed E-state index contributed by atoms with van der Waals surface area (Å²) in [6.45, 7) is 3.89. The predicted octanol–water partition coefficient (Wildman–Crippen LogP) is 3.46. The minimum absolute atomic E-state index is 0.0232. The number of carbonyl (C=O) groups is 1. The minimum Gasteiger partial charge on any atom is -0.493 e. The number of nitrogens with zero attached hydrogens (tertiary/aromatic N) is 2. The van der Waals surface area contributed by atoms with Crippen LogP contribution in [0.25, 0.3) is 11.3 Å². The Morgan fingerprint density at radius 1 is 1.25 bits per heavy atom. The Morgan fingerprint density at radius 2 is 2.00 bits per heavy atom. The highest BCUT2D eigenvalue weighted by molar-refractivity contribution is 5.94. The number of alkyl halides is 3. The number of hydrogen-bond donors (Lipinski definition) is 1. The molecule has 0 aliphatic carbocycles. The summed E-state index contributed by atoms with van der Waals surface area (Å²) in [5.41, 5.74) is -1.10. The molecule has 0 saturated carbocycles. The molecule has 6 nitrogen and oxygen atoms in total. The van der Waals surface area contributed by atoms with Crippen molar-refractivity contribution < 1.29 is 27.4 Å². The molecule has 0 unspecified atom stereocenters. The van der Waals surface area contributed by atoms with E-state index in [0.29, 0.717) is 13.0 Å². The fourth-order valence-corrected chi connectivity index (χ4v) is 1.99. The first-order valence-electron chi connectivity index (χ1n) is 7.30. The van der Waals surface area contributed by atoms with Gasteiger partial charge in [-0.3, -0.25) is 0 Å². The Balaban J connectivity index is 2.54. The number of carbonyl (C=O) groups excluding carboxylic acids is 1. The van der Waals surface area contributed by atoms with E-state index < -0.39 is 17.7 Å². The van der Waals surface area contributed by atoms with Gasteiger partial charge in [-0.15, -0.1) is 5.10 Å². The number of H-pyrrole nitrogens is 1. The van der Waals surface area contributed by atoms with Gasteiger partial charge in [0, 0.05) is 5.56 Å². The second-order valence-corrected chi connectivity index (χ2v) is 4.80. The second-order valence-electron chi connectivity index (χ2n) is 4.80. The zero-order valence-corrected chi connectivity index (χ0v) is 13.1. The average Bonchev–Trinajstić information content (AvgIpc) is 3.01. The van der Waals surface area contributed by atoms with E-state index in [-0.39, 0.29) is 29.3 Å². The molecule has 0 aliphatic heterocycles. The normalized spacial score (nSPS) is 11.4. The number of ether oxygens (including phenoxy) is 2. The number of rotatable bonds is 6. The van der Waals surface area contributed by atoms with E-state index in [2.05, 4.69) is 15.4 Å². The van der Waals surface area contributed by atoms with Crippen LogP contribution in [-0.4, -0.2) is 34.6 Å². The predicted molar refractivity (Wildman–Crippen MR) is 78.6 cm³/mol. The maximum atomic E-state index is 13.0. The van der Waals surface area contributed by atoms with E-state index in [9.17, 15) is 18.0 Å². The SMILES string of the molecule is CCCOc1ccc(C(F)(F)F)cc1-c1n[nH]nc1C(=O)OCC. The van der Waals surface area contributed by atoms with E-state index >= 15 is 0 Å². The average molecular weight is 343 g/mol. The van der Waals surface area contributed by atoms with Gasteiger partial charge >= 0.3 is 12.1 Å². The van der Waals surface area contributed by atoms with Gasteiger partial charge in [-0.1, -0.05) is 6.92 Å². The number of esters is 1. The number of aromatic amines is 1. The summed E-state index contributed by atoms with van der Waals surface area (Å²) in [5.74, 6) is -0.593. The summed E-state index contributed by atoms with van der Waals surface area (Å²) in [6, 6.07) is 3.00. The lowest BCUT2D eigenvalue weighted by molar-refractivity contribution is -0.137. The largest absolute Gasteiger partial charge is 0.493 e. The van der Waals surface area contributed by atoms with Gasteiger partial charge in [-0.2, -0.15) is 23.5 Å². The van der Waals surface area contributed by atoms with Gasteiger partial charge in [-0.05, 0) is 31.5 Å². The molecule has 2 rings (SSSR count). The van der Waals surface area contributed by atoms with Crippen LogP contribution >= 0.6 is 0 Å². The van der Waals surface area contributed by atoms with Crippen molar-refractivity contribution >= 4 is 5.97 Å². The van der Waals surface area contributed by atoms with Crippen LogP contribution in [0.3, 0.4) is 0 Å². The van der Waals surface area contributed by atoms with Crippen molar-refractivity contribution in [3.63, 3.8) is 0 Å². The summed E-state index contributed by atoms with van der Waals surface area (Å²) in [7, 11) is 0. The third kappa shape index (κ3) is 3.84. The van der Waals surface area contributed by atoms with E-state index in [4.69, 9.17) is 9.47 Å². The van der Waals surface area contributed by atoms with Crippen LogP contribution in [-0.2, 0) is 10.9 Å². The molecule has 0 fully saturated rings. The van der Waals surface area contributed by atoms with Gasteiger partial charge < -0.3 is 9.47 Å². The van der Waals surface area contributed by atoms with Gasteiger partial charge in [0.1, 0.15) is 11.4 Å². The molecule has 1 aromatic carbocycles. The first-order chi connectivity index (χ1) is 11.4. The van der Waals surface area contributed by atoms with Crippen LogP contribution in [0.2, 0.25) is 0 Å². The zero-order chi connectivity index (χ0) is 17.7. The molecule has 0 spiro atoms. The maximum Gasteiger partial charge on any atom is 0.416 e. The Bertz CT molecular complexity index is 713. The van der Waals surface area contributed by atoms with Gasteiger partial charge in [0.15, 0.2) is 5.69 Å². The lowest BCUT2D eigenvalue weighted by Crippen LogP contribution is -2.09. The fourth-order valence-electron chi connectivity index (χ4n) is 1.99. The molecular formula is C15H16F3N3O3. The highest BCUT2D eigenvalue weighted by atomic mass is 19.4. The fraction of sp³-hybridized carbons (Fsp3) is 0.400. The smallest absolute Gasteiger partial charge is 0.416 e. The highest BCUT2D eigenvalue weighted by Crippen LogP contribution is 2.37. The molecule has 0 atom stereocenters. The van der Waals surface area contributed by atoms with Crippen molar-refractivity contribution in [3.8, 4) is 17.0 Å². The molecule has 0 radical (unpaired) electrons. The molecule has 1 heterocycles. The summed E-state index contributed by atoms with van der Waals surface area (Å²) in [4.78, 5) is 11.9. The monoisotopic (exact) mass is 343 g/mol. The molecule has 0 amide bonds. The van der Waals surface area contributed by atoms with Gasteiger partial charge in [-0.25, -0.2) is 4.79 Å². The van der Waals surface area contributed by atoms with Crippen molar-refractivity contribution in [2.45, 2.75) is 26.4 Å². The second kappa shape index (κ2) is 7.33. The van der Waals surface area contributed by atoms with Crippen molar-refractivity contribution in [3.05, 3.63) is 29.5 Å². The molecule has 0 saturated heterocycles. The van der Waals surface area contributed by atoms with Crippen LogP contribution < -0.4 is 4.74 Å². The molecule has 130 valence electrons. The first kappa shape index (κ1) is 17.8. The molecule has 9 heteroatoms. The number of aromatic nitrogens is 3. The number of hydrogen-bond acceptors (Lipinski definition) is 5. The summed E-state index contributed by atoms with van der Waals surface area (Å²) >= 11 is 0. The quantitative estimate of drug-likeness (QED) is 0.813. The molecule has 0 aliphatic rings. The summed E-state index contributed by atoms with van der Waals surface area (Å²) < 4.78 is 49.3. The van der Waals surface area contributed by atoms with E-state index in [1.807, 2.05) is 6.92 Å². The topological polar surface area (TPSA) is 77.1 Å².